The van der Waals surface area contributed by atoms with Gasteiger partial charge in [-0.15, -0.1) is 0 Å². The van der Waals surface area contributed by atoms with E-state index in [1.54, 1.807) is 18.2 Å². The first-order chi connectivity index (χ1) is 12.8. The highest BCUT2D eigenvalue weighted by Crippen LogP contribution is 2.31. The summed E-state index contributed by atoms with van der Waals surface area (Å²) in [7, 11) is 2.94. The maximum atomic E-state index is 12.8. The van der Waals surface area contributed by atoms with Gasteiger partial charge in [-0.1, -0.05) is 12.1 Å². The summed E-state index contributed by atoms with van der Waals surface area (Å²) >= 11 is 0. The van der Waals surface area contributed by atoms with Crippen molar-refractivity contribution in [2.75, 3.05) is 19.5 Å². The van der Waals surface area contributed by atoms with Crippen molar-refractivity contribution >= 4 is 11.6 Å². The van der Waals surface area contributed by atoms with E-state index in [2.05, 4.69) is 5.32 Å². The molecule has 1 atom stereocenters. The molecule has 2 rings (SSSR count). The van der Waals surface area contributed by atoms with E-state index in [1.165, 1.54) is 26.4 Å². The molecule has 0 fully saturated rings. The van der Waals surface area contributed by atoms with Gasteiger partial charge in [0.1, 0.15) is 17.4 Å². The first kappa shape index (κ1) is 20.1. The third kappa shape index (κ3) is 5.14. The van der Waals surface area contributed by atoms with E-state index < -0.39 is 23.6 Å². The number of alkyl halides is 3. The minimum absolute atomic E-state index is 0.0308. The van der Waals surface area contributed by atoms with Crippen LogP contribution in [0.25, 0.3) is 0 Å². The molecule has 27 heavy (non-hydrogen) atoms. The topological polar surface area (TPSA) is 71.3 Å². The largest absolute Gasteiger partial charge is 0.497 e. The van der Waals surface area contributed by atoms with Crippen LogP contribution in [0.5, 0.6) is 11.5 Å². The Labute approximate surface area is 154 Å². The molecule has 2 aromatic rings. The van der Waals surface area contributed by atoms with Crippen LogP contribution in [0.15, 0.2) is 42.5 Å². The first-order valence-corrected chi connectivity index (χ1v) is 7.87. The van der Waals surface area contributed by atoms with E-state index >= 15 is 0 Å². The fourth-order valence-corrected chi connectivity index (χ4v) is 2.44. The number of methoxy groups -OCH3 is 2. The standard InChI is InChI=1S/C19H17F3N2O3/c1-26-16-7-6-12(17(10-16)27-2)8-13(11-23)18(25)24-15-5-3-4-14(9-15)19(20,21)22/h3-7,9-10,13H,8H2,1-2H3,(H,24,25)/t13-/m0/s1. The monoisotopic (exact) mass is 378 g/mol. The van der Waals surface area contributed by atoms with Gasteiger partial charge in [0.25, 0.3) is 0 Å². The van der Waals surface area contributed by atoms with Crippen LogP contribution in [-0.2, 0) is 17.4 Å². The molecular weight excluding hydrogens is 361 g/mol. The number of benzene rings is 2. The summed E-state index contributed by atoms with van der Waals surface area (Å²) in [6.07, 6.45) is -4.49. The van der Waals surface area contributed by atoms with Gasteiger partial charge in [0.2, 0.25) is 5.91 Å². The van der Waals surface area contributed by atoms with Crippen LogP contribution in [0.1, 0.15) is 11.1 Å². The molecule has 0 unspecified atom stereocenters. The first-order valence-electron chi connectivity index (χ1n) is 7.87. The van der Waals surface area contributed by atoms with Crippen molar-refractivity contribution < 1.29 is 27.4 Å². The SMILES string of the molecule is COc1ccc(C[C@@H](C#N)C(=O)Nc2cccc(C(F)(F)F)c2)c(OC)c1. The van der Waals surface area contributed by atoms with Crippen molar-refractivity contribution in [1.29, 1.82) is 5.26 Å². The van der Waals surface area contributed by atoms with Gasteiger partial charge in [0.05, 0.1) is 25.9 Å². The highest BCUT2D eigenvalue weighted by Gasteiger charge is 2.30. The van der Waals surface area contributed by atoms with Gasteiger partial charge in [-0.25, -0.2) is 0 Å². The van der Waals surface area contributed by atoms with E-state index in [0.717, 1.165) is 12.1 Å². The molecule has 1 N–H and O–H groups in total. The van der Waals surface area contributed by atoms with E-state index in [-0.39, 0.29) is 12.1 Å². The van der Waals surface area contributed by atoms with Crippen molar-refractivity contribution in [3.05, 3.63) is 53.6 Å². The molecular formula is C19H17F3N2O3. The van der Waals surface area contributed by atoms with Crippen LogP contribution in [-0.4, -0.2) is 20.1 Å². The molecule has 0 saturated heterocycles. The van der Waals surface area contributed by atoms with Crippen LogP contribution in [0.4, 0.5) is 18.9 Å². The lowest BCUT2D eigenvalue weighted by Crippen LogP contribution is -2.24. The number of halogens is 3. The number of nitriles is 1. The molecule has 5 nitrogen and oxygen atoms in total. The summed E-state index contributed by atoms with van der Waals surface area (Å²) in [6, 6.07) is 11.1. The van der Waals surface area contributed by atoms with E-state index in [1.807, 2.05) is 6.07 Å². The van der Waals surface area contributed by atoms with Gasteiger partial charge in [-0.3, -0.25) is 4.79 Å². The lowest BCUT2D eigenvalue weighted by molar-refractivity contribution is -0.137. The van der Waals surface area contributed by atoms with Crippen molar-refractivity contribution in [2.24, 2.45) is 5.92 Å². The van der Waals surface area contributed by atoms with E-state index in [0.29, 0.717) is 17.1 Å². The lowest BCUT2D eigenvalue weighted by atomic mass is 9.98. The molecule has 1 amide bonds. The average molecular weight is 378 g/mol. The quantitative estimate of drug-likeness (QED) is 0.823. The molecule has 0 aliphatic carbocycles. The number of amides is 1. The van der Waals surface area contributed by atoms with Crippen LogP contribution in [0.2, 0.25) is 0 Å². The molecule has 0 aliphatic heterocycles. The maximum absolute atomic E-state index is 12.8. The smallest absolute Gasteiger partial charge is 0.416 e. The van der Waals surface area contributed by atoms with Crippen LogP contribution in [0, 0.1) is 17.2 Å². The molecule has 0 radical (unpaired) electrons. The normalized spacial score (nSPS) is 12.0. The number of hydrogen-bond donors (Lipinski definition) is 1. The molecule has 0 spiro atoms. The van der Waals surface area contributed by atoms with Crippen molar-refractivity contribution in [3.8, 4) is 17.6 Å². The maximum Gasteiger partial charge on any atom is 0.416 e. The lowest BCUT2D eigenvalue weighted by Gasteiger charge is -2.14. The van der Waals surface area contributed by atoms with Gasteiger partial charge in [0, 0.05) is 18.2 Å². The number of rotatable bonds is 6. The molecule has 2 aromatic carbocycles. The number of carbonyl (C=O) groups excluding carboxylic acids is 1. The molecule has 8 heteroatoms. The summed E-state index contributed by atoms with van der Waals surface area (Å²) in [4.78, 5) is 12.4. The molecule has 0 bridgehead atoms. The van der Waals surface area contributed by atoms with Crippen LogP contribution >= 0.6 is 0 Å². The fraction of sp³-hybridized carbons (Fsp3) is 0.263. The molecule has 0 saturated carbocycles. The zero-order chi connectivity index (χ0) is 20.0. The van der Waals surface area contributed by atoms with Crippen molar-refractivity contribution in [1.82, 2.24) is 0 Å². The zero-order valence-corrected chi connectivity index (χ0v) is 14.6. The number of nitrogens with zero attached hydrogens (tertiary/aromatic N) is 1. The predicted octanol–water partition coefficient (Wildman–Crippen LogP) is 4.04. The average Bonchev–Trinajstić information content (AvgIpc) is 2.65. The predicted molar refractivity (Wildman–Crippen MR) is 92.4 cm³/mol. The third-order valence-electron chi connectivity index (χ3n) is 3.85. The van der Waals surface area contributed by atoms with Gasteiger partial charge in [0.15, 0.2) is 0 Å². The summed E-state index contributed by atoms with van der Waals surface area (Å²) in [6.45, 7) is 0. The van der Waals surface area contributed by atoms with Gasteiger partial charge in [-0.05, 0) is 29.8 Å². The summed E-state index contributed by atoms with van der Waals surface area (Å²) in [5.74, 6) is -0.810. The molecule has 0 aromatic heterocycles. The summed E-state index contributed by atoms with van der Waals surface area (Å²) in [5, 5.41) is 11.7. The third-order valence-corrected chi connectivity index (χ3v) is 3.85. The van der Waals surface area contributed by atoms with Gasteiger partial charge in [-0.2, -0.15) is 18.4 Å². The number of hydrogen-bond acceptors (Lipinski definition) is 4. The fourth-order valence-electron chi connectivity index (χ4n) is 2.44. The minimum atomic E-state index is -4.52. The van der Waals surface area contributed by atoms with Crippen LogP contribution < -0.4 is 14.8 Å². The summed E-state index contributed by atoms with van der Waals surface area (Å²) < 4.78 is 48.7. The summed E-state index contributed by atoms with van der Waals surface area (Å²) in [5.41, 5.74) is -0.313. The molecule has 142 valence electrons. The number of ether oxygens (including phenoxy) is 2. The Morgan fingerprint density at radius 1 is 1.19 bits per heavy atom. The van der Waals surface area contributed by atoms with Gasteiger partial charge < -0.3 is 14.8 Å². The number of anilines is 1. The van der Waals surface area contributed by atoms with E-state index in [9.17, 15) is 23.2 Å². The Balaban J connectivity index is 2.17. The van der Waals surface area contributed by atoms with Gasteiger partial charge >= 0.3 is 6.18 Å². The second-order valence-corrected chi connectivity index (χ2v) is 5.63. The Hall–Kier alpha value is -3.21. The zero-order valence-electron chi connectivity index (χ0n) is 14.6. The minimum Gasteiger partial charge on any atom is -0.497 e. The number of nitrogens with one attached hydrogen (secondary N) is 1. The Bertz CT molecular complexity index is 860. The highest BCUT2D eigenvalue weighted by molar-refractivity contribution is 5.94. The van der Waals surface area contributed by atoms with Crippen LogP contribution in [0.3, 0.4) is 0 Å². The highest BCUT2D eigenvalue weighted by atomic mass is 19.4. The Morgan fingerprint density at radius 2 is 1.93 bits per heavy atom. The molecule has 0 heterocycles. The second kappa shape index (κ2) is 8.45. The second-order valence-electron chi connectivity index (χ2n) is 5.63. The van der Waals surface area contributed by atoms with E-state index in [4.69, 9.17) is 9.47 Å². The number of carbonyl (C=O) groups is 1. The van der Waals surface area contributed by atoms with Crippen molar-refractivity contribution in [2.45, 2.75) is 12.6 Å². The van der Waals surface area contributed by atoms with Crippen molar-refractivity contribution in [3.63, 3.8) is 0 Å². The Kier molecular flexibility index (Phi) is 6.29. The Morgan fingerprint density at radius 3 is 2.52 bits per heavy atom. The molecule has 0 aliphatic rings.